The first kappa shape index (κ1) is 15.1. The Kier molecular flexibility index (Phi) is 4.02. The van der Waals surface area contributed by atoms with E-state index in [9.17, 15) is 13.6 Å². The number of carbonyl (C=O) groups excluding carboxylic acids is 1. The molecule has 0 atom stereocenters. The lowest BCUT2D eigenvalue weighted by molar-refractivity contribution is 0.0991. The third kappa shape index (κ3) is 3.04. The molecule has 2 N–H and O–H groups in total. The topological polar surface area (TPSA) is 91.2 Å². The minimum Gasteiger partial charge on any atom is -0.481 e. The van der Waals surface area contributed by atoms with Gasteiger partial charge in [0.1, 0.15) is 11.4 Å². The summed E-state index contributed by atoms with van der Waals surface area (Å²) in [7, 11) is 0. The van der Waals surface area contributed by atoms with Crippen molar-refractivity contribution in [1.82, 2.24) is 10.2 Å². The fraction of sp³-hybridized carbons (Fsp3) is 0.0714. The number of rotatable bonds is 5. The van der Waals surface area contributed by atoms with Crippen LogP contribution in [0.4, 0.5) is 8.78 Å². The maximum absolute atomic E-state index is 14.0. The molecule has 2 heterocycles. The summed E-state index contributed by atoms with van der Waals surface area (Å²) in [6, 6.07) is 5.58. The zero-order valence-corrected chi connectivity index (χ0v) is 12.3. The van der Waals surface area contributed by atoms with Crippen molar-refractivity contribution in [2.45, 2.75) is 6.61 Å². The Balaban J connectivity index is 1.76. The van der Waals surface area contributed by atoms with E-state index in [2.05, 4.69) is 10.2 Å². The standard InChI is InChI=1S/C14H9F2N3O3S/c15-7-3-4-8(12(16)11(7)13(17)20)21-6-10-18-19-14(22-10)9-2-1-5-23-9/h1-5H,6H2,(H2,17,20). The smallest absolute Gasteiger partial charge is 0.257 e. The van der Waals surface area contributed by atoms with Gasteiger partial charge in [0.05, 0.1) is 4.88 Å². The number of primary amides is 1. The second-order valence-corrected chi connectivity index (χ2v) is 5.31. The lowest BCUT2D eigenvalue weighted by Crippen LogP contribution is -2.16. The van der Waals surface area contributed by atoms with Gasteiger partial charge in [-0.25, -0.2) is 8.78 Å². The van der Waals surface area contributed by atoms with Gasteiger partial charge >= 0.3 is 0 Å². The first-order valence-electron chi connectivity index (χ1n) is 6.33. The van der Waals surface area contributed by atoms with Crippen LogP contribution in [0, 0.1) is 11.6 Å². The molecule has 0 saturated heterocycles. The first-order chi connectivity index (χ1) is 11.1. The second-order valence-electron chi connectivity index (χ2n) is 4.37. The number of ether oxygens (including phenoxy) is 1. The van der Waals surface area contributed by atoms with Crippen LogP contribution in [-0.4, -0.2) is 16.1 Å². The Labute approximate surface area is 132 Å². The summed E-state index contributed by atoms with van der Waals surface area (Å²) >= 11 is 1.42. The predicted octanol–water partition coefficient (Wildman–Crippen LogP) is 2.75. The van der Waals surface area contributed by atoms with E-state index in [0.29, 0.717) is 5.89 Å². The molecule has 0 spiro atoms. The molecular weight excluding hydrogens is 328 g/mol. The van der Waals surface area contributed by atoms with Gasteiger partial charge in [-0.15, -0.1) is 21.5 Å². The highest BCUT2D eigenvalue weighted by molar-refractivity contribution is 7.13. The number of halogens is 2. The average molecular weight is 337 g/mol. The number of amides is 1. The molecule has 1 amide bonds. The van der Waals surface area contributed by atoms with Crippen molar-refractivity contribution >= 4 is 17.2 Å². The summed E-state index contributed by atoms with van der Waals surface area (Å²) in [5.74, 6) is -3.36. The van der Waals surface area contributed by atoms with E-state index in [1.54, 1.807) is 0 Å². The third-order valence-electron chi connectivity index (χ3n) is 2.85. The van der Waals surface area contributed by atoms with Crippen molar-refractivity contribution in [2.24, 2.45) is 5.73 Å². The Morgan fingerprint density at radius 3 is 2.83 bits per heavy atom. The van der Waals surface area contributed by atoms with Crippen LogP contribution in [0.1, 0.15) is 16.2 Å². The summed E-state index contributed by atoms with van der Waals surface area (Å²) in [6.07, 6.45) is 0. The molecule has 0 saturated carbocycles. The molecule has 9 heteroatoms. The highest BCUT2D eigenvalue weighted by Gasteiger charge is 2.20. The zero-order valence-electron chi connectivity index (χ0n) is 11.5. The molecule has 3 rings (SSSR count). The van der Waals surface area contributed by atoms with Crippen LogP contribution in [0.5, 0.6) is 5.75 Å². The first-order valence-corrected chi connectivity index (χ1v) is 7.21. The molecular formula is C14H9F2N3O3S. The molecule has 23 heavy (non-hydrogen) atoms. The maximum atomic E-state index is 14.0. The minimum absolute atomic E-state index is 0.109. The normalized spacial score (nSPS) is 10.7. The van der Waals surface area contributed by atoms with E-state index in [4.69, 9.17) is 14.9 Å². The van der Waals surface area contributed by atoms with Crippen molar-refractivity contribution in [3.63, 3.8) is 0 Å². The van der Waals surface area contributed by atoms with Gasteiger partial charge in [-0.05, 0) is 23.6 Å². The van der Waals surface area contributed by atoms with Gasteiger partial charge in [-0.1, -0.05) is 6.07 Å². The van der Waals surface area contributed by atoms with Crippen LogP contribution < -0.4 is 10.5 Å². The van der Waals surface area contributed by atoms with Gasteiger partial charge < -0.3 is 14.9 Å². The lowest BCUT2D eigenvalue weighted by Gasteiger charge is -2.07. The zero-order chi connectivity index (χ0) is 16.4. The van der Waals surface area contributed by atoms with Gasteiger partial charge in [-0.3, -0.25) is 4.79 Å². The van der Waals surface area contributed by atoms with E-state index >= 15 is 0 Å². The van der Waals surface area contributed by atoms with E-state index in [1.807, 2.05) is 17.5 Å². The summed E-state index contributed by atoms with van der Waals surface area (Å²) < 4.78 is 37.9. The monoisotopic (exact) mass is 337 g/mol. The van der Waals surface area contributed by atoms with Crippen molar-refractivity contribution in [3.8, 4) is 16.5 Å². The molecule has 0 radical (unpaired) electrons. The fourth-order valence-electron chi connectivity index (χ4n) is 1.82. The van der Waals surface area contributed by atoms with Gasteiger partial charge in [0.2, 0.25) is 0 Å². The highest BCUT2D eigenvalue weighted by atomic mass is 32.1. The number of nitrogens with zero attached hydrogens (tertiary/aromatic N) is 2. The largest absolute Gasteiger partial charge is 0.481 e. The summed E-state index contributed by atoms with van der Waals surface area (Å²) in [5, 5.41) is 9.46. The van der Waals surface area contributed by atoms with Gasteiger partial charge in [0.15, 0.2) is 18.2 Å². The molecule has 6 nitrogen and oxygen atoms in total. The van der Waals surface area contributed by atoms with E-state index in [0.717, 1.165) is 17.0 Å². The van der Waals surface area contributed by atoms with Gasteiger partial charge in [0.25, 0.3) is 17.7 Å². The van der Waals surface area contributed by atoms with Gasteiger partial charge in [0, 0.05) is 0 Å². The van der Waals surface area contributed by atoms with E-state index in [1.165, 1.54) is 11.3 Å². The van der Waals surface area contributed by atoms with Crippen LogP contribution in [0.3, 0.4) is 0 Å². The Morgan fingerprint density at radius 1 is 1.30 bits per heavy atom. The number of hydrogen-bond donors (Lipinski definition) is 1. The van der Waals surface area contributed by atoms with E-state index < -0.39 is 23.1 Å². The summed E-state index contributed by atoms with van der Waals surface area (Å²) in [6.45, 7) is -0.237. The SMILES string of the molecule is NC(=O)c1c(F)ccc(OCc2nnc(-c3cccs3)o2)c1F. The highest BCUT2D eigenvalue weighted by Crippen LogP contribution is 2.25. The Hall–Kier alpha value is -2.81. The maximum Gasteiger partial charge on any atom is 0.257 e. The summed E-state index contributed by atoms with van der Waals surface area (Å²) in [4.78, 5) is 11.8. The number of nitrogens with two attached hydrogens (primary N) is 1. The van der Waals surface area contributed by atoms with Crippen LogP contribution in [-0.2, 0) is 6.61 Å². The van der Waals surface area contributed by atoms with Crippen LogP contribution in [0.25, 0.3) is 10.8 Å². The van der Waals surface area contributed by atoms with E-state index in [-0.39, 0.29) is 18.2 Å². The molecule has 2 aromatic heterocycles. The average Bonchev–Trinajstić information content (AvgIpc) is 3.17. The van der Waals surface area contributed by atoms with Gasteiger partial charge in [-0.2, -0.15) is 0 Å². The Morgan fingerprint density at radius 2 is 2.13 bits per heavy atom. The van der Waals surface area contributed by atoms with Crippen LogP contribution >= 0.6 is 11.3 Å². The predicted molar refractivity (Wildman–Crippen MR) is 76.8 cm³/mol. The van der Waals surface area contributed by atoms with Crippen LogP contribution in [0.15, 0.2) is 34.1 Å². The molecule has 0 unspecified atom stereocenters. The number of carbonyl (C=O) groups is 1. The number of hydrogen-bond acceptors (Lipinski definition) is 6. The quantitative estimate of drug-likeness (QED) is 0.773. The van der Waals surface area contributed by atoms with Crippen molar-refractivity contribution in [3.05, 3.63) is 52.7 Å². The molecule has 1 aromatic carbocycles. The molecule has 0 bridgehead atoms. The molecule has 3 aromatic rings. The van der Waals surface area contributed by atoms with Crippen molar-refractivity contribution < 1.29 is 22.7 Å². The Bertz CT molecular complexity index is 849. The summed E-state index contributed by atoms with van der Waals surface area (Å²) in [5.41, 5.74) is 4.08. The lowest BCUT2D eigenvalue weighted by atomic mass is 10.2. The fourth-order valence-corrected chi connectivity index (χ4v) is 2.47. The van der Waals surface area contributed by atoms with Crippen LogP contribution in [0.2, 0.25) is 0 Å². The van der Waals surface area contributed by atoms with Crippen molar-refractivity contribution in [2.75, 3.05) is 0 Å². The minimum atomic E-state index is -1.22. The molecule has 118 valence electrons. The van der Waals surface area contributed by atoms with Crippen molar-refractivity contribution in [1.29, 1.82) is 0 Å². The number of aromatic nitrogens is 2. The second kappa shape index (κ2) is 6.13. The molecule has 0 aliphatic heterocycles. The number of thiophene rings is 1. The molecule has 0 aliphatic rings. The molecule has 0 aliphatic carbocycles. The molecule has 0 fully saturated rings. The third-order valence-corrected chi connectivity index (χ3v) is 3.71. The number of benzene rings is 1.